The number of carbonyl (C=O) groups is 1. The molecular formula is C19H23N3O3S. The SMILES string of the molecule is NCC1CCCC1NC(=O)c1ccc(S(=O)(=O)Nc2ccccc2)cc1. The number of carbonyl (C=O) groups excluding carboxylic acids is 1. The first-order chi connectivity index (χ1) is 12.5. The third-order valence-corrected chi connectivity index (χ3v) is 6.13. The van der Waals surface area contributed by atoms with Crippen molar-refractivity contribution in [3.8, 4) is 0 Å². The Morgan fingerprint density at radius 3 is 2.38 bits per heavy atom. The van der Waals surface area contributed by atoms with Crippen LogP contribution < -0.4 is 15.8 Å². The van der Waals surface area contributed by atoms with E-state index in [2.05, 4.69) is 10.0 Å². The van der Waals surface area contributed by atoms with Crippen molar-refractivity contribution in [1.82, 2.24) is 5.32 Å². The van der Waals surface area contributed by atoms with Crippen molar-refractivity contribution in [3.05, 3.63) is 60.2 Å². The second-order valence-corrected chi connectivity index (χ2v) is 8.18. The number of amides is 1. The number of para-hydroxylation sites is 1. The molecule has 3 rings (SSSR count). The van der Waals surface area contributed by atoms with E-state index in [-0.39, 0.29) is 16.8 Å². The summed E-state index contributed by atoms with van der Waals surface area (Å²) < 4.78 is 27.3. The molecule has 2 atom stereocenters. The van der Waals surface area contributed by atoms with Crippen LogP contribution in [0.1, 0.15) is 29.6 Å². The number of nitrogens with one attached hydrogen (secondary N) is 2. The van der Waals surface area contributed by atoms with Crippen LogP contribution in [0.5, 0.6) is 0 Å². The van der Waals surface area contributed by atoms with Crippen molar-refractivity contribution in [1.29, 1.82) is 0 Å². The van der Waals surface area contributed by atoms with E-state index in [0.717, 1.165) is 19.3 Å². The Labute approximate surface area is 153 Å². The highest BCUT2D eigenvalue weighted by molar-refractivity contribution is 7.92. The molecule has 1 saturated carbocycles. The molecule has 2 aromatic carbocycles. The van der Waals surface area contributed by atoms with Gasteiger partial charge in [-0.2, -0.15) is 0 Å². The molecule has 26 heavy (non-hydrogen) atoms. The van der Waals surface area contributed by atoms with Crippen molar-refractivity contribution < 1.29 is 13.2 Å². The lowest BCUT2D eigenvalue weighted by atomic mass is 10.0. The summed E-state index contributed by atoms with van der Waals surface area (Å²) in [6, 6.07) is 14.7. The first-order valence-corrected chi connectivity index (χ1v) is 10.2. The van der Waals surface area contributed by atoms with Crippen LogP contribution in [0.4, 0.5) is 5.69 Å². The molecule has 0 heterocycles. The Morgan fingerprint density at radius 2 is 1.73 bits per heavy atom. The van der Waals surface area contributed by atoms with Crippen LogP contribution in [0.25, 0.3) is 0 Å². The molecule has 6 nitrogen and oxygen atoms in total. The zero-order valence-electron chi connectivity index (χ0n) is 14.4. The predicted octanol–water partition coefficient (Wildman–Crippen LogP) is 2.34. The van der Waals surface area contributed by atoms with Gasteiger partial charge in [0.2, 0.25) is 0 Å². The third-order valence-electron chi connectivity index (χ3n) is 4.73. The second kappa shape index (κ2) is 7.88. The highest BCUT2D eigenvalue weighted by atomic mass is 32.2. The quantitative estimate of drug-likeness (QED) is 0.723. The van der Waals surface area contributed by atoms with Crippen LogP contribution in [-0.2, 0) is 10.0 Å². The maximum absolute atomic E-state index is 12.4. The van der Waals surface area contributed by atoms with Crippen molar-refractivity contribution in [2.24, 2.45) is 11.7 Å². The maximum Gasteiger partial charge on any atom is 0.261 e. The molecule has 1 aliphatic carbocycles. The normalized spacial score (nSPS) is 19.9. The molecule has 1 amide bonds. The molecule has 2 aromatic rings. The number of sulfonamides is 1. The summed E-state index contributed by atoms with van der Waals surface area (Å²) in [5.41, 5.74) is 6.67. The van der Waals surface area contributed by atoms with Crippen LogP contribution in [-0.4, -0.2) is 26.9 Å². The molecule has 0 aliphatic heterocycles. The van der Waals surface area contributed by atoms with Gasteiger partial charge in [-0.1, -0.05) is 24.6 Å². The largest absolute Gasteiger partial charge is 0.349 e. The number of hydrogen-bond donors (Lipinski definition) is 3. The predicted molar refractivity (Wildman–Crippen MR) is 101 cm³/mol. The van der Waals surface area contributed by atoms with Crippen molar-refractivity contribution >= 4 is 21.6 Å². The average Bonchev–Trinajstić information content (AvgIpc) is 3.09. The Morgan fingerprint density at radius 1 is 1.04 bits per heavy atom. The van der Waals surface area contributed by atoms with E-state index in [1.54, 1.807) is 24.3 Å². The molecule has 7 heteroatoms. The zero-order valence-corrected chi connectivity index (χ0v) is 15.2. The van der Waals surface area contributed by atoms with Gasteiger partial charge in [-0.15, -0.1) is 0 Å². The Balaban J connectivity index is 1.68. The van der Waals surface area contributed by atoms with Crippen LogP contribution in [0.3, 0.4) is 0 Å². The molecule has 0 spiro atoms. The fourth-order valence-electron chi connectivity index (χ4n) is 3.27. The minimum atomic E-state index is -3.69. The van der Waals surface area contributed by atoms with E-state index in [9.17, 15) is 13.2 Å². The van der Waals surface area contributed by atoms with Crippen LogP contribution in [0.2, 0.25) is 0 Å². The van der Waals surface area contributed by atoms with Gasteiger partial charge in [0.05, 0.1) is 4.90 Å². The van der Waals surface area contributed by atoms with Gasteiger partial charge in [0, 0.05) is 17.3 Å². The molecule has 0 radical (unpaired) electrons. The number of hydrogen-bond acceptors (Lipinski definition) is 4. The van der Waals surface area contributed by atoms with Gasteiger partial charge in [0.15, 0.2) is 0 Å². The number of anilines is 1. The summed E-state index contributed by atoms with van der Waals surface area (Å²) in [4.78, 5) is 12.5. The summed E-state index contributed by atoms with van der Waals surface area (Å²) in [5.74, 6) is 0.115. The van der Waals surface area contributed by atoms with Gasteiger partial charge in [-0.05, 0) is 61.7 Å². The highest BCUT2D eigenvalue weighted by Gasteiger charge is 2.27. The van der Waals surface area contributed by atoms with Crippen LogP contribution >= 0.6 is 0 Å². The Kier molecular flexibility index (Phi) is 5.58. The van der Waals surface area contributed by atoms with Gasteiger partial charge >= 0.3 is 0 Å². The molecular weight excluding hydrogens is 350 g/mol. The third kappa shape index (κ3) is 4.23. The highest BCUT2D eigenvalue weighted by Crippen LogP contribution is 2.25. The first kappa shape index (κ1) is 18.4. The molecule has 0 bridgehead atoms. The standard InChI is InChI=1S/C19H23N3O3S/c20-13-15-5-4-8-18(15)21-19(23)14-9-11-17(12-10-14)26(24,25)22-16-6-2-1-3-7-16/h1-3,6-7,9-12,15,18,22H,4-5,8,13,20H2,(H,21,23). The fourth-order valence-corrected chi connectivity index (χ4v) is 4.33. The van der Waals surface area contributed by atoms with Crippen molar-refractivity contribution in [3.63, 3.8) is 0 Å². The lowest BCUT2D eigenvalue weighted by Gasteiger charge is -2.19. The average molecular weight is 373 g/mol. The number of rotatable bonds is 6. The Hall–Kier alpha value is -2.38. The maximum atomic E-state index is 12.4. The van der Waals surface area contributed by atoms with Crippen LogP contribution in [0.15, 0.2) is 59.5 Å². The zero-order chi connectivity index (χ0) is 18.6. The topological polar surface area (TPSA) is 101 Å². The summed E-state index contributed by atoms with van der Waals surface area (Å²) in [5, 5.41) is 3.01. The van der Waals surface area contributed by atoms with E-state index in [1.165, 1.54) is 24.3 Å². The van der Waals surface area contributed by atoms with Gasteiger partial charge in [-0.25, -0.2) is 8.42 Å². The van der Waals surface area contributed by atoms with Crippen LogP contribution in [0, 0.1) is 5.92 Å². The van der Waals surface area contributed by atoms with Gasteiger partial charge in [0.25, 0.3) is 15.9 Å². The summed E-state index contributed by atoms with van der Waals surface area (Å²) in [7, 11) is -3.69. The van der Waals surface area contributed by atoms with E-state index in [0.29, 0.717) is 23.7 Å². The van der Waals surface area contributed by atoms with Crippen molar-refractivity contribution in [2.45, 2.75) is 30.2 Å². The molecule has 4 N–H and O–H groups in total. The van der Waals surface area contributed by atoms with E-state index in [1.807, 2.05) is 6.07 Å². The molecule has 0 saturated heterocycles. The summed E-state index contributed by atoms with van der Waals surface area (Å²) >= 11 is 0. The van der Waals surface area contributed by atoms with E-state index >= 15 is 0 Å². The monoisotopic (exact) mass is 373 g/mol. The van der Waals surface area contributed by atoms with Crippen molar-refractivity contribution in [2.75, 3.05) is 11.3 Å². The van der Waals surface area contributed by atoms with E-state index < -0.39 is 10.0 Å². The molecule has 1 fully saturated rings. The minimum Gasteiger partial charge on any atom is -0.349 e. The molecule has 0 aromatic heterocycles. The lowest BCUT2D eigenvalue weighted by molar-refractivity contribution is 0.0928. The molecule has 138 valence electrons. The number of benzene rings is 2. The van der Waals surface area contributed by atoms with E-state index in [4.69, 9.17) is 5.73 Å². The lowest BCUT2D eigenvalue weighted by Crippen LogP contribution is -2.39. The fraction of sp³-hybridized carbons (Fsp3) is 0.316. The molecule has 2 unspecified atom stereocenters. The molecule has 1 aliphatic rings. The van der Waals surface area contributed by atoms with Gasteiger partial charge in [-0.3, -0.25) is 9.52 Å². The second-order valence-electron chi connectivity index (χ2n) is 6.50. The summed E-state index contributed by atoms with van der Waals surface area (Å²) in [6.07, 6.45) is 3.03. The Bertz CT molecular complexity index is 851. The minimum absolute atomic E-state index is 0.0932. The van der Waals surface area contributed by atoms with Gasteiger partial charge in [0.1, 0.15) is 0 Å². The summed E-state index contributed by atoms with van der Waals surface area (Å²) in [6.45, 7) is 0.563. The van der Waals surface area contributed by atoms with Gasteiger partial charge < -0.3 is 11.1 Å². The number of nitrogens with two attached hydrogens (primary N) is 1. The smallest absolute Gasteiger partial charge is 0.261 e. The first-order valence-electron chi connectivity index (χ1n) is 8.68.